The number of nitrogens with zero attached hydrogens (tertiary/aromatic N) is 1. The summed E-state index contributed by atoms with van der Waals surface area (Å²) in [6.07, 6.45) is 0.858. The van der Waals surface area contributed by atoms with Crippen LogP contribution in [0.1, 0.15) is 41.0 Å². The molecule has 0 aliphatic carbocycles. The van der Waals surface area contributed by atoms with Crippen LogP contribution in [0.2, 0.25) is 0 Å². The lowest BCUT2D eigenvalue weighted by Crippen LogP contribution is -2.33. The molecule has 0 spiro atoms. The fourth-order valence-corrected chi connectivity index (χ4v) is 1.12. The van der Waals surface area contributed by atoms with Crippen molar-refractivity contribution in [3.8, 4) is 0 Å². The molecule has 0 aromatic heterocycles. The Labute approximate surface area is 93.8 Å². The molecule has 0 radical (unpaired) electrons. The number of amides is 1. The SMILES string of the molecule is CCN(CCC(C)C)C(=O)OCC(C)C. The molecule has 90 valence electrons. The Bertz CT molecular complexity index is 178. The highest BCUT2D eigenvalue weighted by Gasteiger charge is 2.13. The Kier molecular flexibility index (Phi) is 7.18. The van der Waals surface area contributed by atoms with Crippen molar-refractivity contribution in [1.29, 1.82) is 0 Å². The van der Waals surface area contributed by atoms with E-state index in [0.717, 1.165) is 19.5 Å². The van der Waals surface area contributed by atoms with E-state index in [1.165, 1.54) is 0 Å². The van der Waals surface area contributed by atoms with E-state index in [-0.39, 0.29) is 6.09 Å². The van der Waals surface area contributed by atoms with Gasteiger partial charge in [-0.05, 0) is 25.2 Å². The third-order valence-electron chi connectivity index (χ3n) is 2.16. The van der Waals surface area contributed by atoms with E-state index in [0.29, 0.717) is 18.4 Å². The fraction of sp³-hybridized carbons (Fsp3) is 0.917. The number of hydrogen-bond acceptors (Lipinski definition) is 2. The number of rotatable bonds is 6. The minimum absolute atomic E-state index is 0.174. The van der Waals surface area contributed by atoms with E-state index >= 15 is 0 Å². The number of carbonyl (C=O) groups is 1. The van der Waals surface area contributed by atoms with Gasteiger partial charge in [-0.3, -0.25) is 0 Å². The van der Waals surface area contributed by atoms with Crippen molar-refractivity contribution >= 4 is 6.09 Å². The first-order chi connectivity index (χ1) is 6.97. The van der Waals surface area contributed by atoms with E-state index in [1.54, 1.807) is 4.90 Å². The van der Waals surface area contributed by atoms with Crippen LogP contribution >= 0.6 is 0 Å². The average molecular weight is 215 g/mol. The van der Waals surface area contributed by atoms with Crippen LogP contribution in [0.15, 0.2) is 0 Å². The van der Waals surface area contributed by atoms with Crippen molar-refractivity contribution in [2.75, 3.05) is 19.7 Å². The van der Waals surface area contributed by atoms with Crippen LogP contribution < -0.4 is 0 Å². The highest BCUT2D eigenvalue weighted by molar-refractivity contribution is 5.67. The van der Waals surface area contributed by atoms with Gasteiger partial charge in [0.25, 0.3) is 0 Å². The van der Waals surface area contributed by atoms with Gasteiger partial charge in [-0.1, -0.05) is 27.7 Å². The Morgan fingerprint density at radius 1 is 1.20 bits per heavy atom. The summed E-state index contributed by atoms with van der Waals surface area (Å²) in [6, 6.07) is 0. The first kappa shape index (κ1) is 14.3. The first-order valence-corrected chi connectivity index (χ1v) is 5.89. The van der Waals surface area contributed by atoms with E-state index in [2.05, 4.69) is 13.8 Å². The summed E-state index contributed by atoms with van der Waals surface area (Å²) >= 11 is 0. The molecule has 0 aliphatic heterocycles. The smallest absolute Gasteiger partial charge is 0.409 e. The van der Waals surface area contributed by atoms with Crippen LogP contribution in [0.4, 0.5) is 4.79 Å². The summed E-state index contributed by atoms with van der Waals surface area (Å²) in [5, 5.41) is 0. The third kappa shape index (κ3) is 7.23. The lowest BCUT2D eigenvalue weighted by Gasteiger charge is -2.21. The van der Waals surface area contributed by atoms with E-state index in [1.807, 2.05) is 20.8 Å². The van der Waals surface area contributed by atoms with Gasteiger partial charge in [0.05, 0.1) is 6.61 Å². The molecule has 0 aromatic carbocycles. The summed E-state index contributed by atoms with van der Waals surface area (Å²) in [5.41, 5.74) is 0. The molecule has 0 saturated carbocycles. The zero-order valence-corrected chi connectivity index (χ0v) is 10.7. The largest absolute Gasteiger partial charge is 0.449 e. The Balaban J connectivity index is 3.88. The second-order valence-electron chi connectivity index (χ2n) is 4.73. The maximum Gasteiger partial charge on any atom is 0.409 e. The van der Waals surface area contributed by atoms with Gasteiger partial charge >= 0.3 is 6.09 Å². The molecule has 15 heavy (non-hydrogen) atoms. The zero-order chi connectivity index (χ0) is 11.8. The van der Waals surface area contributed by atoms with Crippen LogP contribution in [0.25, 0.3) is 0 Å². The monoisotopic (exact) mass is 215 g/mol. The normalized spacial score (nSPS) is 10.9. The second-order valence-corrected chi connectivity index (χ2v) is 4.73. The van der Waals surface area contributed by atoms with Crippen molar-refractivity contribution in [3.63, 3.8) is 0 Å². The highest BCUT2D eigenvalue weighted by Crippen LogP contribution is 2.04. The molecule has 0 atom stereocenters. The van der Waals surface area contributed by atoms with E-state index in [9.17, 15) is 4.79 Å². The van der Waals surface area contributed by atoms with Crippen LogP contribution in [0, 0.1) is 11.8 Å². The van der Waals surface area contributed by atoms with Gasteiger partial charge in [0, 0.05) is 13.1 Å². The highest BCUT2D eigenvalue weighted by atomic mass is 16.6. The van der Waals surface area contributed by atoms with Crippen molar-refractivity contribution in [3.05, 3.63) is 0 Å². The van der Waals surface area contributed by atoms with Gasteiger partial charge in [-0.25, -0.2) is 4.79 Å². The number of carbonyl (C=O) groups excluding carboxylic acids is 1. The molecule has 0 bridgehead atoms. The number of hydrogen-bond donors (Lipinski definition) is 0. The molecular formula is C12H25NO2. The van der Waals surface area contributed by atoms with E-state index in [4.69, 9.17) is 4.74 Å². The first-order valence-electron chi connectivity index (χ1n) is 5.89. The fourth-order valence-electron chi connectivity index (χ4n) is 1.12. The Morgan fingerprint density at radius 3 is 2.20 bits per heavy atom. The molecule has 3 nitrogen and oxygen atoms in total. The van der Waals surface area contributed by atoms with Crippen LogP contribution in [0.5, 0.6) is 0 Å². The lowest BCUT2D eigenvalue weighted by atomic mass is 10.1. The standard InChI is InChI=1S/C12H25NO2/c1-6-13(8-7-10(2)3)12(14)15-9-11(4)5/h10-11H,6-9H2,1-5H3. The summed E-state index contributed by atoms with van der Waals surface area (Å²) in [4.78, 5) is 13.4. The van der Waals surface area contributed by atoms with Gasteiger partial charge in [0.1, 0.15) is 0 Å². The minimum Gasteiger partial charge on any atom is -0.449 e. The quantitative estimate of drug-likeness (QED) is 0.681. The number of ether oxygens (including phenoxy) is 1. The average Bonchev–Trinajstić information content (AvgIpc) is 2.15. The predicted octanol–water partition coefficient (Wildman–Crippen LogP) is 3.15. The Morgan fingerprint density at radius 2 is 1.80 bits per heavy atom. The van der Waals surface area contributed by atoms with Crippen LogP contribution in [-0.4, -0.2) is 30.7 Å². The second kappa shape index (κ2) is 7.55. The zero-order valence-electron chi connectivity index (χ0n) is 10.7. The molecule has 0 fully saturated rings. The minimum atomic E-state index is -0.174. The topological polar surface area (TPSA) is 29.5 Å². The molecule has 1 amide bonds. The van der Waals surface area contributed by atoms with Crippen LogP contribution in [0.3, 0.4) is 0 Å². The van der Waals surface area contributed by atoms with Crippen LogP contribution in [-0.2, 0) is 4.74 Å². The molecule has 0 heterocycles. The van der Waals surface area contributed by atoms with Gasteiger partial charge in [-0.2, -0.15) is 0 Å². The third-order valence-corrected chi connectivity index (χ3v) is 2.16. The molecule has 0 aliphatic rings. The summed E-state index contributed by atoms with van der Waals surface area (Å²) in [6.45, 7) is 12.4. The Hall–Kier alpha value is -0.730. The van der Waals surface area contributed by atoms with Gasteiger partial charge in [0.15, 0.2) is 0 Å². The summed E-state index contributed by atoms with van der Waals surface area (Å²) < 4.78 is 5.18. The molecule has 0 unspecified atom stereocenters. The van der Waals surface area contributed by atoms with Gasteiger partial charge in [-0.15, -0.1) is 0 Å². The summed E-state index contributed by atoms with van der Waals surface area (Å²) in [5.74, 6) is 1.02. The summed E-state index contributed by atoms with van der Waals surface area (Å²) in [7, 11) is 0. The van der Waals surface area contributed by atoms with Gasteiger partial charge in [0.2, 0.25) is 0 Å². The van der Waals surface area contributed by atoms with E-state index < -0.39 is 0 Å². The molecule has 0 aromatic rings. The lowest BCUT2D eigenvalue weighted by molar-refractivity contribution is 0.0923. The molecule has 0 rings (SSSR count). The molecular weight excluding hydrogens is 190 g/mol. The van der Waals surface area contributed by atoms with Gasteiger partial charge < -0.3 is 9.64 Å². The van der Waals surface area contributed by atoms with Crippen molar-refractivity contribution < 1.29 is 9.53 Å². The maximum absolute atomic E-state index is 11.6. The van der Waals surface area contributed by atoms with Crippen molar-refractivity contribution in [2.45, 2.75) is 41.0 Å². The molecule has 0 N–H and O–H groups in total. The maximum atomic E-state index is 11.6. The molecule has 3 heteroatoms. The van der Waals surface area contributed by atoms with Crippen molar-refractivity contribution in [1.82, 2.24) is 4.90 Å². The predicted molar refractivity (Wildman–Crippen MR) is 62.9 cm³/mol. The molecule has 0 saturated heterocycles. The van der Waals surface area contributed by atoms with Crippen molar-refractivity contribution in [2.24, 2.45) is 11.8 Å².